The monoisotopic (exact) mass is 341 g/mol. The van der Waals surface area contributed by atoms with Gasteiger partial charge in [0.15, 0.2) is 0 Å². The molecule has 1 saturated heterocycles. The summed E-state index contributed by atoms with van der Waals surface area (Å²) in [6.45, 7) is 1.38. The Hall–Kier alpha value is -2.80. The van der Waals surface area contributed by atoms with Crippen molar-refractivity contribution in [3.63, 3.8) is 0 Å². The number of benzene rings is 1. The van der Waals surface area contributed by atoms with Gasteiger partial charge in [0.2, 0.25) is 5.91 Å². The first-order valence-corrected chi connectivity index (χ1v) is 8.07. The molecule has 2 amide bonds. The van der Waals surface area contributed by atoms with Crippen molar-refractivity contribution in [2.24, 2.45) is 0 Å². The van der Waals surface area contributed by atoms with Gasteiger partial charge in [-0.25, -0.2) is 9.37 Å². The lowest BCUT2D eigenvalue weighted by atomic mass is 9.99. The normalized spacial score (nSPS) is 18.8. The molecular formula is C18H16FN3O3. The van der Waals surface area contributed by atoms with Crippen LogP contribution in [0.5, 0.6) is 0 Å². The van der Waals surface area contributed by atoms with E-state index in [2.05, 4.69) is 15.6 Å². The number of ether oxygens (including phenoxy) is 1. The van der Waals surface area contributed by atoms with Gasteiger partial charge in [-0.1, -0.05) is 0 Å². The van der Waals surface area contributed by atoms with Gasteiger partial charge in [-0.3, -0.25) is 9.59 Å². The molecule has 1 fully saturated rings. The Morgan fingerprint density at radius 1 is 1.36 bits per heavy atom. The Kier molecular flexibility index (Phi) is 3.93. The standard InChI is InChI=1S/C18H16FN3O3/c19-12-6-14(13-8-17(23)21-15(13)7-12)18(24)22-16-5-10(1-3-20-16)11-2-4-25-9-11/h1,3,5-7,11H,2,4,8-9H2,(H,21,23)(H,20,22,24)/t11-/m0/s1. The van der Waals surface area contributed by atoms with E-state index < -0.39 is 11.7 Å². The van der Waals surface area contributed by atoms with Crippen LogP contribution < -0.4 is 10.6 Å². The van der Waals surface area contributed by atoms with Crippen LogP contribution in [0.4, 0.5) is 15.9 Å². The van der Waals surface area contributed by atoms with E-state index in [1.807, 2.05) is 6.07 Å². The molecule has 6 nitrogen and oxygen atoms in total. The number of carbonyl (C=O) groups excluding carboxylic acids is 2. The van der Waals surface area contributed by atoms with Gasteiger partial charge in [-0.2, -0.15) is 0 Å². The number of pyridine rings is 1. The van der Waals surface area contributed by atoms with Crippen LogP contribution in [0.3, 0.4) is 0 Å². The number of anilines is 2. The van der Waals surface area contributed by atoms with Crippen molar-refractivity contribution in [2.45, 2.75) is 18.8 Å². The van der Waals surface area contributed by atoms with Gasteiger partial charge in [0, 0.05) is 30.0 Å². The molecular weight excluding hydrogens is 325 g/mol. The summed E-state index contributed by atoms with van der Waals surface area (Å²) in [6, 6.07) is 6.07. The van der Waals surface area contributed by atoms with E-state index in [0.717, 1.165) is 24.7 Å². The number of hydrogen-bond donors (Lipinski definition) is 2. The maximum atomic E-state index is 13.8. The molecule has 128 valence electrons. The second-order valence-corrected chi connectivity index (χ2v) is 6.19. The van der Waals surface area contributed by atoms with Crippen LogP contribution >= 0.6 is 0 Å². The number of fused-ring (bicyclic) bond motifs is 1. The molecule has 2 aromatic rings. The summed E-state index contributed by atoms with van der Waals surface area (Å²) in [4.78, 5) is 28.3. The lowest BCUT2D eigenvalue weighted by molar-refractivity contribution is -0.115. The van der Waals surface area contributed by atoms with E-state index in [-0.39, 0.29) is 17.9 Å². The van der Waals surface area contributed by atoms with Crippen molar-refractivity contribution in [2.75, 3.05) is 23.8 Å². The second-order valence-electron chi connectivity index (χ2n) is 6.19. The van der Waals surface area contributed by atoms with Gasteiger partial charge >= 0.3 is 0 Å². The molecule has 1 aromatic carbocycles. The maximum absolute atomic E-state index is 13.8. The molecule has 4 rings (SSSR count). The highest BCUT2D eigenvalue weighted by molar-refractivity contribution is 6.10. The fourth-order valence-electron chi connectivity index (χ4n) is 3.25. The number of halogens is 1. The van der Waals surface area contributed by atoms with Gasteiger partial charge in [0.1, 0.15) is 11.6 Å². The Morgan fingerprint density at radius 2 is 2.24 bits per heavy atom. The molecule has 2 aliphatic rings. The zero-order chi connectivity index (χ0) is 17.4. The van der Waals surface area contributed by atoms with Gasteiger partial charge in [-0.05, 0) is 41.8 Å². The average molecular weight is 341 g/mol. The molecule has 3 heterocycles. The van der Waals surface area contributed by atoms with Crippen LogP contribution in [-0.4, -0.2) is 30.0 Å². The van der Waals surface area contributed by atoms with Crippen molar-refractivity contribution < 1.29 is 18.7 Å². The first-order valence-electron chi connectivity index (χ1n) is 8.07. The summed E-state index contributed by atoms with van der Waals surface area (Å²) < 4.78 is 19.1. The highest BCUT2D eigenvalue weighted by atomic mass is 19.1. The van der Waals surface area contributed by atoms with E-state index in [0.29, 0.717) is 29.6 Å². The Bertz CT molecular complexity index is 863. The largest absolute Gasteiger partial charge is 0.381 e. The summed E-state index contributed by atoms with van der Waals surface area (Å²) in [7, 11) is 0. The smallest absolute Gasteiger partial charge is 0.257 e. The summed E-state index contributed by atoms with van der Waals surface area (Å²) in [5.41, 5.74) is 2.04. The Balaban J connectivity index is 1.59. The molecule has 0 bridgehead atoms. The third-order valence-corrected chi connectivity index (χ3v) is 4.50. The molecule has 0 radical (unpaired) electrons. The van der Waals surface area contributed by atoms with E-state index >= 15 is 0 Å². The molecule has 0 saturated carbocycles. The predicted octanol–water partition coefficient (Wildman–Crippen LogP) is 2.47. The van der Waals surface area contributed by atoms with E-state index in [1.54, 1.807) is 12.3 Å². The van der Waals surface area contributed by atoms with Crippen LogP contribution in [0.1, 0.15) is 33.8 Å². The topological polar surface area (TPSA) is 80.3 Å². The van der Waals surface area contributed by atoms with Gasteiger partial charge in [0.25, 0.3) is 5.91 Å². The first kappa shape index (κ1) is 15.7. The van der Waals surface area contributed by atoms with Crippen molar-refractivity contribution >= 4 is 23.3 Å². The van der Waals surface area contributed by atoms with Crippen molar-refractivity contribution in [1.29, 1.82) is 0 Å². The molecule has 0 aliphatic carbocycles. The molecule has 7 heteroatoms. The summed E-state index contributed by atoms with van der Waals surface area (Å²) in [5.74, 6) is -0.630. The van der Waals surface area contributed by atoms with Crippen molar-refractivity contribution in [3.8, 4) is 0 Å². The van der Waals surface area contributed by atoms with E-state index in [4.69, 9.17) is 4.74 Å². The lowest BCUT2D eigenvalue weighted by Crippen LogP contribution is -2.16. The number of nitrogens with one attached hydrogen (secondary N) is 2. The molecule has 0 spiro atoms. The average Bonchev–Trinajstić information content (AvgIpc) is 3.23. The molecule has 1 aromatic heterocycles. The zero-order valence-electron chi connectivity index (χ0n) is 13.3. The van der Waals surface area contributed by atoms with Gasteiger partial charge in [-0.15, -0.1) is 0 Å². The number of amides is 2. The number of nitrogens with zero attached hydrogens (tertiary/aromatic N) is 1. The SMILES string of the molecule is O=C1Cc2c(cc(F)cc2C(=O)Nc2cc([C@H]3CCOC3)ccn2)N1. The fourth-order valence-corrected chi connectivity index (χ4v) is 3.25. The molecule has 0 unspecified atom stereocenters. The summed E-state index contributed by atoms with van der Waals surface area (Å²) >= 11 is 0. The van der Waals surface area contributed by atoms with Crippen molar-refractivity contribution in [1.82, 2.24) is 4.98 Å². The predicted molar refractivity (Wildman–Crippen MR) is 89.1 cm³/mol. The minimum atomic E-state index is -0.573. The Labute approximate surface area is 143 Å². The van der Waals surface area contributed by atoms with Crippen LogP contribution in [0.2, 0.25) is 0 Å². The number of hydrogen-bond acceptors (Lipinski definition) is 4. The second kappa shape index (κ2) is 6.25. The summed E-state index contributed by atoms with van der Waals surface area (Å²) in [6.07, 6.45) is 2.62. The summed E-state index contributed by atoms with van der Waals surface area (Å²) in [5, 5.41) is 5.25. The highest BCUT2D eigenvalue weighted by Gasteiger charge is 2.25. The van der Waals surface area contributed by atoms with E-state index in [1.165, 1.54) is 6.07 Å². The number of carbonyl (C=O) groups is 2. The highest BCUT2D eigenvalue weighted by Crippen LogP contribution is 2.29. The number of aromatic nitrogens is 1. The van der Waals surface area contributed by atoms with E-state index in [9.17, 15) is 14.0 Å². The maximum Gasteiger partial charge on any atom is 0.257 e. The first-order chi connectivity index (χ1) is 12.1. The fraction of sp³-hybridized carbons (Fsp3) is 0.278. The molecule has 2 N–H and O–H groups in total. The van der Waals surface area contributed by atoms with Gasteiger partial charge in [0.05, 0.1) is 13.0 Å². The molecule has 25 heavy (non-hydrogen) atoms. The van der Waals surface area contributed by atoms with Crippen LogP contribution in [0.15, 0.2) is 30.5 Å². The molecule has 2 aliphatic heterocycles. The minimum absolute atomic E-state index is 0.0608. The lowest BCUT2D eigenvalue weighted by Gasteiger charge is -2.11. The quantitative estimate of drug-likeness (QED) is 0.899. The van der Waals surface area contributed by atoms with Crippen LogP contribution in [0, 0.1) is 5.82 Å². The van der Waals surface area contributed by atoms with Crippen LogP contribution in [0.25, 0.3) is 0 Å². The third kappa shape index (κ3) is 3.10. The number of rotatable bonds is 3. The Morgan fingerprint density at radius 3 is 3.04 bits per heavy atom. The zero-order valence-corrected chi connectivity index (χ0v) is 13.3. The molecule has 1 atom stereocenters. The minimum Gasteiger partial charge on any atom is -0.381 e. The van der Waals surface area contributed by atoms with Crippen molar-refractivity contribution in [3.05, 3.63) is 53.0 Å². The third-order valence-electron chi connectivity index (χ3n) is 4.50. The van der Waals surface area contributed by atoms with Crippen LogP contribution in [-0.2, 0) is 16.0 Å². The van der Waals surface area contributed by atoms with Gasteiger partial charge < -0.3 is 15.4 Å².